The second-order valence-corrected chi connectivity index (χ2v) is 9.92. The number of amides is 3. The maximum atomic E-state index is 13.2. The molecule has 0 radical (unpaired) electrons. The second kappa shape index (κ2) is 9.01. The van der Waals surface area contributed by atoms with Gasteiger partial charge in [-0.25, -0.2) is 4.79 Å². The minimum Gasteiger partial charge on any atom is -0.339 e. The van der Waals surface area contributed by atoms with Crippen LogP contribution in [0.3, 0.4) is 0 Å². The van der Waals surface area contributed by atoms with Gasteiger partial charge >= 0.3 is 6.03 Å². The molecule has 1 aromatic carbocycles. The lowest BCUT2D eigenvalue weighted by molar-refractivity contribution is -0.137. The Balaban J connectivity index is 1.19. The van der Waals surface area contributed by atoms with Gasteiger partial charge in [0.25, 0.3) is 0 Å². The van der Waals surface area contributed by atoms with Crippen molar-refractivity contribution in [3.63, 3.8) is 0 Å². The van der Waals surface area contributed by atoms with E-state index in [1.165, 1.54) is 11.3 Å². The van der Waals surface area contributed by atoms with Gasteiger partial charge in [-0.2, -0.15) is 0 Å². The van der Waals surface area contributed by atoms with E-state index in [2.05, 4.69) is 32.6 Å². The Morgan fingerprint density at radius 3 is 2.71 bits per heavy atom. The number of hydrogen-bond donors (Lipinski definition) is 1. The molecule has 31 heavy (non-hydrogen) atoms. The molecular weight excluding hydrogens is 408 g/mol. The van der Waals surface area contributed by atoms with E-state index in [0.717, 1.165) is 50.3 Å². The van der Waals surface area contributed by atoms with Crippen LogP contribution in [0.15, 0.2) is 41.8 Å². The van der Waals surface area contributed by atoms with E-state index < -0.39 is 0 Å². The van der Waals surface area contributed by atoms with E-state index in [0.29, 0.717) is 31.5 Å². The molecule has 2 aromatic rings. The Bertz CT molecular complexity index is 914. The zero-order valence-corrected chi connectivity index (χ0v) is 18.7. The fourth-order valence-electron chi connectivity index (χ4n) is 5.34. The quantitative estimate of drug-likeness (QED) is 0.779. The lowest BCUT2D eigenvalue weighted by Crippen LogP contribution is -2.55. The van der Waals surface area contributed by atoms with Crippen molar-refractivity contribution in [1.82, 2.24) is 15.1 Å². The lowest BCUT2D eigenvalue weighted by atomic mass is 9.83. The molecule has 3 aliphatic rings. The van der Waals surface area contributed by atoms with Crippen LogP contribution in [0.5, 0.6) is 0 Å². The van der Waals surface area contributed by atoms with Gasteiger partial charge in [-0.15, -0.1) is 11.3 Å². The smallest absolute Gasteiger partial charge is 0.321 e. The number of nitrogens with zero attached hydrogens (tertiary/aromatic N) is 3. The summed E-state index contributed by atoms with van der Waals surface area (Å²) in [5, 5.41) is 4.97. The molecule has 0 bridgehead atoms. The van der Waals surface area contributed by atoms with Crippen molar-refractivity contribution in [2.45, 2.75) is 38.3 Å². The standard InChI is InChI=1S/C24H30N4O2S/c29-23(15-18-5-7-20(8-6-18)27-13-10-25-24(27)30)28-11-1-3-19-16-26(12-9-22(19)28)17-21-4-2-14-31-21/h2,4-8,14,19,22H,1,3,9-13,15-17H2,(H,25,30)/t19-,22-/m1/s1. The highest BCUT2D eigenvalue weighted by Gasteiger charge is 2.37. The summed E-state index contributed by atoms with van der Waals surface area (Å²) in [4.78, 5) is 32.9. The molecule has 0 unspecified atom stereocenters. The van der Waals surface area contributed by atoms with E-state index >= 15 is 0 Å². The summed E-state index contributed by atoms with van der Waals surface area (Å²) >= 11 is 1.83. The Labute approximate surface area is 187 Å². The number of urea groups is 1. The van der Waals surface area contributed by atoms with Crippen LogP contribution in [0.4, 0.5) is 10.5 Å². The fraction of sp³-hybridized carbons (Fsp3) is 0.500. The van der Waals surface area contributed by atoms with Crippen molar-refractivity contribution in [3.05, 3.63) is 52.2 Å². The third kappa shape index (κ3) is 4.48. The van der Waals surface area contributed by atoms with E-state index in [4.69, 9.17) is 0 Å². The van der Waals surface area contributed by atoms with Gasteiger partial charge in [0.15, 0.2) is 0 Å². The largest absolute Gasteiger partial charge is 0.339 e. The normalized spacial score (nSPS) is 24.2. The van der Waals surface area contributed by atoms with Gasteiger partial charge < -0.3 is 10.2 Å². The minimum atomic E-state index is -0.0476. The summed E-state index contributed by atoms with van der Waals surface area (Å²) in [6.07, 6.45) is 3.84. The highest BCUT2D eigenvalue weighted by molar-refractivity contribution is 7.09. The number of hydrogen-bond acceptors (Lipinski definition) is 4. The van der Waals surface area contributed by atoms with Gasteiger partial charge in [-0.3, -0.25) is 14.6 Å². The molecule has 1 N–H and O–H groups in total. The zero-order chi connectivity index (χ0) is 21.2. The summed E-state index contributed by atoms with van der Waals surface area (Å²) in [7, 11) is 0. The lowest BCUT2D eigenvalue weighted by Gasteiger charge is -2.47. The van der Waals surface area contributed by atoms with Crippen LogP contribution in [0.2, 0.25) is 0 Å². The van der Waals surface area contributed by atoms with Crippen molar-refractivity contribution in [2.24, 2.45) is 5.92 Å². The number of carbonyl (C=O) groups is 2. The first kappa shape index (κ1) is 20.5. The third-order valence-electron chi connectivity index (χ3n) is 6.89. The van der Waals surface area contributed by atoms with E-state index in [1.807, 2.05) is 35.6 Å². The molecule has 3 aliphatic heterocycles. The molecular formula is C24H30N4O2S. The van der Waals surface area contributed by atoms with Crippen molar-refractivity contribution >= 4 is 29.0 Å². The first-order valence-corrected chi connectivity index (χ1v) is 12.2. The van der Waals surface area contributed by atoms with Crippen LogP contribution in [-0.4, -0.2) is 60.5 Å². The van der Waals surface area contributed by atoms with Gasteiger partial charge in [0.2, 0.25) is 5.91 Å². The van der Waals surface area contributed by atoms with E-state index in [1.54, 1.807) is 4.90 Å². The number of carbonyl (C=O) groups excluding carboxylic acids is 2. The van der Waals surface area contributed by atoms with E-state index in [9.17, 15) is 9.59 Å². The molecule has 3 fully saturated rings. The Morgan fingerprint density at radius 2 is 1.97 bits per heavy atom. The Kier molecular flexibility index (Phi) is 5.96. The van der Waals surface area contributed by atoms with Crippen LogP contribution < -0.4 is 10.2 Å². The molecule has 0 aliphatic carbocycles. The van der Waals surface area contributed by atoms with Gasteiger partial charge in [0.05, 0.1) is 6.42 Å². The average Bonchev–Trinajstić information content (AvgIpc) is 3.45. The highest BCUT2D eigenvalue weighted by Crippen LogP contribution is 2.32. The van der Waals surface area contributed by atoms with Crippen LogP contribution >= 0.6 is 11.3 Å². The number of anilines is 1. The SMILES string of the molecule is O=C1NCCN1c1ccc(CC(=O)N2CCC[C@@H]3CN(Cc4cccs4)CC[C@H]32)cc1. The van der Waals surface area contributed by atoms with Crippen molar-refractivity contribution in [3.8, 4) is 0 Å². The summed E-state index contributed by atoms with van der Waals surface area (Å²) in [5.41, 5.74) is 1.91. The number of rotatable bonds is 5. The van der Waals surface area contributed by atoms with Gasteiger partial charge in [0, 0.05) is 55.9 Å². The summed E-state index contributed by atoms with van der Waals surface area (Å²) in [6, 6.07) is 12.6. The minimum absolute atomic E-state index is 0.0476. The van der Waals surface area contributed by atoms with Crippen molar-refractivity contribution < 1.29 is 9.59 Å². The van der Waals surface area contributed by atoms with Gasteiger partial charge in [0.1, 0.15) is 0 Å². The summed E-state index contributed by atoms with van der Waals surface area (Å²) in [6.45, 7) is 5.46. The molecule has 4 heterocycles. The maximum absolute atomic E-state index is 13.2. The van der Waals surface area contributed by atoms with Crippen LogP contribution in [0, 0.1) is 5.92 Å². The number of fused-ring (bicyclic) bond motifs is 1. The number of benzene rings is 1. The van der Waals surface area contributed by atoms with Crippen LogP contribution in [0.1, 0.15) is 29.7 Å². The molecule has 2 atom stereocenters. The number of likely N-dealkylation sites (tertiary alicyclic amines) is 2. The summed E-state index contributed by atoms with van der Waals surface area (Å²) < 4.78 is 0. The Hall–Kier alpha value is -2.38. The van der Waals surface area contributed by atoms with Crippen LogP contribution in [0.25, 0.3) is 0 Å². The zero-order valence-electron chi connectivity index (χ0n) is 17.8. The molecule has 0 spiro atoms. The first-order valence-electron chi connectivity index (χ1n) is 11.4. The number of nitrogens with one attached hydrogen (secondary N) is 1. The molecule has 7 heteroatoms. The molecule has 1 aromatic heterocycles. The molecule has 3 saturated heterocycles. The molecule has 3 amide bonds. The van der Waals surface area contributed by atoms with Crippen LogP contribution in [-0.2, 0) is 17.8 Å². The van der Waals surface area contributed by atoms with Crippen molar-refractivity contribution in [1.29, 1.82) is 0 Å². The topological polar surface area (TPSA) is 55.9 Å². The predicted molar refractivity (Wildman–Crippen MR) is 123 cm³/mol. The monoisotopic (exact) mass is 438 g/mol. The molecule has 0 saturated carbocycles. The first-order chi connectivity index (χ1) is 15.2. The maximum Gasteiger partial charge on any atom is 0.321 e. The second-order valence-electron chi connectivity index (χ2n) is 8.89. The number of piperidine rings is 2. The Morgan fingerprint density at radius 1 is 1.10 bits per heavy atom. The fourth-order valence-corrected chi connectivity index (χ4v) is 6.09. The third-order valence-corrected chi connectivity index (χ3v) is 7.75. The highest BCUT2D eigenvalue weighted by atomic mass is 32.1. The molecule has 6 nitrogen and oxygen atoms in total. The van der Waals surface area contributed by atoms with Gasteiger partial charge in [-0.05, 0) is 54.3 Å². The predicted octanol–water partition coefficient (Wildman–Crippen LogP) is 3.33. The van der Waals surface area contributed by atoms with Gasteiger partial charge in [-0.1, -0.05) is 18.2 Å². The number of thiophene rings is 1. The average molecular weight is 439 g/mol. The summed E-state index contributed by atoms with van der Waals surface area (Å²) in [5.74, 6) is 0.829. The van der Waals surface area contributed by atoms with Crippen molar-refractivity contribution in [2.75, 3.05) is 37.6 Å². The van der Waals surface area contributed by atoms with E-state index in [-0.39, 0.29) is 11.9 Å². The molecule has 164 valence electrons. The molecule has 5 rings (SSSR count).